The largest absolute Gasteiger partial charge is 0.460 e. The van der Waals surface area contributed by atoms with Gasteiger partial charge in [-0.05, 0) is 24.0 Å². The van der Waals surface area contributed by atoms with Crippen molar-refractivity contribution >= 4 is 18.0 Å². The van der Waals surface area contributed by atoms with Gasteiger partial charge in [-0.1, -0.05) is 60.7 Å². The molecule has 158 valence electrons. The van der Waals surface area contributed by atoms with Gasteiger partial charge in [0.1, 0.15) is 25.8 Å². The van der Waals surface area contributed by atoms with Crippen LogP contribution in [0.4, 0.5) is 4.79 Å². The van der Waals surface area contributed by atoms with Gasteiger partial charge in [0.15, 0.2) is 0 Å². The molecule has 30 heavy (non-hydrogen) atoms. The topological polar surface area (TPSA) is 97.0 Å². The lowest BCUT2D eigenvalue weighted by Crippen LogP contribution is -2.51. The molecule has 8 heteroatoms. The first-order chi connectivity index (χ1) is 14.6. The lowest BCUT2D eigenvalue weighted by atomic mass is 10.2. The molecule has 1 saturated heterocycles. The molecule has 0 saturated carbocycles. The van der Waals surface area contributed by atoms with Gasteiger partial charge in [-0.15, -0.1) is 0 Å². The van der Waals surface area contributed by atoms with Gasteiger partial charge >= 0.3 is 12.1 Å². The molecule has 3 rings (SSSR count). The second-order valence-electron chi connectivity index (χ2n) is 6.88. The van der Waals surface area contributed by atoms with Gasteiger partial charge in [0.2, 0.25) is 0 Å². The number of hydrogen-bond acceptors (Lipinski definition) is 6. The van der Waals surface area contributed by atoms with Crippen LogP contribution in [0.3, 0.4) is 0 Å². The Kier molecular flexibility index (Phi) is 7.79. The van der Waals surface area contributed by atoms with Gasteiger partial charge < -0.3 is 9.47 Å². The predicted molar refractivity (Wildman–Crippen MR) is 109 cm³/mol. The van der Waals surface area contributed by atoms with Crippen molar-refractivity contribution in [2.45, 2.75) is 32.1 Å². The summed E-state index contributed by atoms with van der Waals surface area (Å²) in [5.41, 5.74) is 6.79. The van der Waals surface area contributed by atoms with Crippen LogP contribution < -0.4 is 10.9 Å². The standard InChI is InChI=1S/C22H25N3O5/c26-20(29-15-17-8-3-1-4-9-17)14-23-24-21(27)19-12-7-13-25(19)22(28)30-16-18-10-5-2-6-11-18/h1-6,8-11,19,23H,7,12-16H2,(H,24,27)/t19-/m0/s1. The SMILES string of the molecule is O=C(CNNC(=O)[C@@H]1CCCN1C(=O)OCc1ccccc1)OCc1ccccc1. The van der Waals surface area contributed by atoms with E-state index in [1.54, 1.807) is 0 Å². The zero-order valence-corrected chi connectivity index (χ0v) is 16.6. The Labute approximate surface area is 175 Å². The number of likely N-dealkylation sites (tertiary alicyclic amines) is 1. The summed E-state index contributed by atoms with van der Waals surface area (Å²) in [6.45, 7) is 0.587. The molecule has 1 aliphatic heterocycles. The zero-order valence-electron chi connectivity index (χ0n) is 16.6. The average molecular weight is 411 g/mol. The number of nitrogens with one attached hydrogen (secondary N) is 2. The van der Waals surface area contributed by atoms with Gasteiger partial charge in [-0.3, -0.25) is 19.9 Å². The van der Waals surface area contributed by atoms with Crippen LogP contribution in [-0.4, -0.2) is 42.0 Å². The van der Waals surface area contributed by atoms with Gasteiger partial charge in [0, 0.05) is 6.54 Å². The van der Waals surface area contributed by atoms with Crippen molar-refractivity contribution in [2.75, 3.05) is 13.1 Å². The molecule has 2 amide bonds. The van der Waals surface area contributed by atoms with Crippen LogP contribution in [0.25, 0.3) is 0 Å². The molecule has 0 radical (unpaired) electrons. The maximum absolute atomic E-state index is 12.4. The molecule has 1 aliphatic rings. The Balaban J connectivity index is 1.38. The lowest BCUT2D eigenvalue weighted by molar-refractivity contribution is -0.144. The number of hydrazine groups is 1. The van der Waals surface area contributed by atoms with E-state index in [1.165, 1.54) is 4.90 Å². The summed E-state index contributed by atoms with van der Waals surface area (Å²) in [4.78, 5) is 38.0. The van der Waals surface area contributed by atoms with Gasteiger partial charge in [-0.2, -0.15) is 0 Å². The number of hydrogen-bond donors (Lipinski definition) is 2. The first-order valence-electron chi connectivity index (χ1n) is 9.83. The summed E-state index contributed by atoms with van der Waals surface area (Å²) < 4.78 is 10.5. The molecule has 0 aromatic heterocycles. The van der Waals surface area contributed by atoms with Crippen LogP contribution in [0, 0.1) is 0 Å². The summed E-state index contributed by atoms with van der Waals surface area (Å²) in [5.74, 6) is -0.885. The van der Waals surface area contributed by atoms with E-state index in [0.717, 1.165) is 11.1 Å². The average Bonchev–Trinajstić information content (AvgIpc) is 3.28. The zero-order chi connectivity index (χ0) is 21.2. The van der Waals surface area contributed by atoms with Gasteiger partial charge in [0.05, 0.1) is 0 Å². The van der Waals surface area contributed by atoms with Crippen molar-refractivity contribution < 1.29 is 23.9 Å². The Morgan fingerprint density at radius 2 is 1.50 bits per heavy atom. The third-order valence-electron chi connectivity index (χ3n) is 4.68. The van der Waals surface area contributed by atoms with E-state index < -0.39 is 18.1 Å². The smallest absolute Gasteiger partial charge is 0.410 e. The Morgan fingerprint density at radius 3 is 2.13 bits per heavy atom. The fraction of sp³-hybridized carbons (Fsp3) is 0.318. The van der Waals surface area contributed by atoms with E-state index in [1.807, 2.05) is 60.7 Å². The monoisotopic (exact) mass is 411 g/mol. The third-order valence-corrected chi connectivity index (χ3v) is 4.68. The lowest BCUT2D eigenvalue weighted by Gasteiger charge is -2.23. The number of carbonyl (C=O) groups excluding carboxylic acids is 3. The van der Waals surface area contributed by atoms with Crippen LogP contribution >= 0.6 is 0 Å². The quantitative estimate of drug-likeness (QED) is 0.510. The molecule has 0 unspecified atom stereocenters. The van der Waals surface area contributed by atoms with Crippen LogP contribution in [0.5, 0.6) is 0 Å². The van der Waals surface area contributed by atoms with E-state index in [9.17, 15) is 14.4 Å². The van der Waals surface area contributed by atoms with E-state index >= 15 is 0 Å². The molecule has 8 nitrogen and oxygen atoms in total. The third kappa shape index (κ3) is 6.31. The maximum atomic E-state index is 12.4. The molecular formula is C22H25N3O5. The number of amides is 2. The molecule has 2 aromatic carbocycles. The van der Waals surface area contributed by atoms with E-state index in [2.05, 4.69) is 10.9 Å². The number of rotatable bonds is 8. The first-order valence-corrected chi connectivity index (χ1v) is 9.83. The highest BCUT2D eigenvalue weighted by Gasteiger charge is 2.35. The predicted octanol–water partition coefficient (Wildman–Crippen LogP) is 2.15. The molecule has 1 heterocycles. The van der Waals surface area contributed by atoms with Crippen LogP contribution in [0.1, 0.15) is 24.0 Å². The second kappa shape index (κ2) is 11.0. The summed E-state index contributed by atoms with van der Waals surface area (Å²) >= 11 is 0. The van der Waals surface area contributed by atoms with Gasteiger partial charge in [0.25, 0.3) is 5.91 Å². The minimum atomic E-state index is -0.638. The normalized spacial score (nSPS) is 15.5. The van der Waals surface area contributed by atoms with Crippen LogP contribution in [-0.2, 0) is 32.3 Å². The number of benzene rings is 2. The molecular weight excluding hydrogens is 386 g/mol. The van der Waals surface area contributed by atoms with Crippen molar-refractivity contribution in [3.63, 3.8) is 0 Å². The molecule has 0 aliphatic carbocycles. The number of carbonyl (C=O) groups is 3. The minimum Gasteiger partial charge on any atom is -0.460 e. The Hall–Kier alpha value is -3.39. The number of esters is 1. The second-order valence-corrected chi connectivity index (χ2v) is 6.88. The first kappa shape index (κ1) is 21.3. The summed E-state index contributed by atoms with van der Waals surface area (Å²) in [7, 11) is 0. The van der Waals surface area contributed by atoms with Crippen molar-refractivity contribution in [1.82, 2.24) is 15.8 Å². The van der Waals surface area contributed by atoms with Crippen LogP contribution in [0.2, 0.25) is 0 Å². The van der Waals surface area contributed by atoms with Crippen LogP contribution in [0.15, 0.2) is 60.7 Å². The Bertz CT molecular complexity index is 844. The molecule has 2 aromatic rings. The van der Waals surface area contributed by atoms with Crippen molar-refractivity contribution in [3.05, 3.63) is 71.8 Å². The van der Waals surface area contributed by atoms with E-state index in [-0.39, 0.29) is 25.7 Å². The molecule has 1 fully saturated rings. The summed E-state index contributed by atoms with van der Waals surface area (Å²) in [5, 5.41) is 0. The van der Waals surface area contributed by atoms with Gasteiger partial charge in [-0.25, -0.2) is 10.2 Å². The highest BCUT2D eigenvalue weighted by atomic mass is 16.6. The number of ether oxygens (including phenoxy) is 2. The highest BCUT2D eigenvalue weighted by Crippen LogP contribution is 2.19. The molecule has 0 bridgehead atoms. The maximum Gasteiger partial charge on any atom is 0.410 e. The van der Waals surface area contributed by atoms with E-state index in [0.29, 0.717) is 19.4 Å². The van der Waals surface area contributed by atoms with E-state index in [4.69, 9.17) is 9.47 Å². The molecule has 2 N–H and O–H groups in total. The Morgan fingerprint density at radius 1 is 0.900 bits per heavy atom. The van der Waals surface area contributed by atoms with Crippen molar-refractivity contribution in [2.24, 2.45) is 0 Å². The minimum absolute atomic E-state index is 0.149. The summed E-state index contributed by atoms with van der Waals surface area (Å²) in [6.07, 6.45) is 0.711. The summed E-state index contributed by atoms with van der Waals surface area (Å²) in [6, 6.07) is 18.0. The fourth-order valence-corrected chi connectivity index (χ4v) is 3.14. The van der Waals surface area contributed by atoms with Crippen molar-refractivity contribution in [1.29, 1.82) is 0 Å². The van der Waals surface area contributed by atoms with Crippen molar-refractivity contribution in [3.8, 4) is 0 Å². The number of nitrogens with zero attached hydrogens (tertiary/aromatic N) is 1. The fourth-order valence-electron chi connectivity index (χ4n) is 3.14. The highest BCUT2D eigenvalue weighted by molar-refractivity contribution is 5.86. The molecule has 1 atom stereocenters. The molecule has 0 spiro atoms.